The van der Waals surface area contributed by atoms with Crippen LogP contribution < -0.4 is 5.32 Å². The van der Waals surface area contributed by atoms with E-state index in [1.165, 1.54) is 19.1 Å². The van der Waals surface area contributed by atoms with Gasteiger partial charge in [0.1, 0.15) is 0 Å². The van der Waals surface area contributed by atoms with E-state index in [4.69, 9.17) is 0 Å². The second-order valence-electron chi connectivity index (χ2n) is 6.87. The maximum atomic E-state index is 12.8. The van der Waals surface area contributed by atoms with E-state index in [0.29, 0.717) is 23.2 Å². The van der Waals surface area contributed by atoms with Crippen LogP contribution in [0.1, 0.15) is 38.2 Å². The Hall–Kier alpha value is -1.56. The summed E-state index contributed by atoms with van der Waals surface area (Å²) in [6.45, 7) is 2.12. The first-order valence-electron chi connectivity index (χ1n) is 8.20. The van der Waals surface area contributed by atoms with Crippen LogP contribution in [0.5, 0.6) is 0 Å². The molecule has 1 N–H and O–H groups in total. The molecule has 0 bridgehead atoms. The number of sulfone groups is 1. The Balaban J connectivity index is 1.76. The normalized spacial score (nSPS) is 19.2. The summed E-state index contributed by atoms with van der Waals surface area (Å²) in [6, 6.07) is 7.62. The van der Waals surface area contributed by atoms with E-state index in [0.717, 1.165) is 12.8 Å². The van der Waals surface area contributed by atoms with Gasteiger partial charge in [0.25, 0.3) is 0 Å². The molecule has 2 fully saturated rings. The Kier molecular flexibility index (Phi) is 4.36. The van der Waals surface area contributed by atoms with Crippen molar-refractivity contribution in [3.63, 3.8) is 0 Å². The summed E-state index contributed by atoms with van der Waals surface area (Å²) in [5.74, 6) is 0.554. The van der Waals surface area contributed by atoms with Crippen molar-refractivity contribution in [2.75, 3.05) is 11.6 Å². The predicted octanol–water partition coefficient (Wildman–Crippen LogP) is 3.03. The molecule has 2 saturated carbocycles. The Morgan fingerprint density at radius 3 is 2.48 bits per heavy atom. The molecular formula is C17H24N2O3S. The van der Waals surface area contributed by atoms with Crippen LogP contribution in [0.2, 0.25) is 0 Å². The number of anilines is 1. The van der Waals surface area contributed by atoms with Gasteiger partial charge in [0.2, 0.25) is 0 Å². The highest BCUT2D eigenvalue weighted by atomic mass is 32.2. The quantitative estimate of drug-likeness (QED) is 0.868. The van der Waals surface area contributed by atoms with Crippen molar-refractivity contribution in [2.24, 2.45) is 5.92 Å². The van der Waals surface area contributed by atoms with Gasteiger partial charge in [-0.3, -0.25) is 0 Å². The molecule has 1 atom stereocenters. The lowest BCUT2D eigenvalue weighted by atomic mass is 10.1. The van der Waals surface area contributed by atoms with E-state index in [2.05, 4.69) is 12.2 Å². The zero-order chi connectivity index (χ0) is 16.6. The number of hydrogen-bond acceptors (Lipinski definition) is 3. The maximum Gasteiger partial charge on any atom is 0.322 e. The molecule has 1 aromatic carbocycles. The van der Waals surface area contributed by atoms with Crippen LogP contribution in [0.25, 0.3) is 0 Å². The van der Waals surface area contributed by atoms with Crippen molar-refractivity contribution in [3.8, 4) is 0 Å². The Labute approximate surface area is 138 Å². The van der Waals surface area contributed by atoms with Crippen molar-refractivity contribution in [2.45, 2.75) is 50.4 Å². The number of rotatable bonds is 6. The fourth-order valence-electron chi connectivity index (χ4n) is 3.07. The Bertz CT molecular complexity index is 694. The standard InChI is InChI=1S/C17H24N2O3S/c1-12(13-7-8-13)19(15-9-10-15)17(20)18-16-6-4-3-5-14(16)11-23(2,21)22/h3-6,12-13,15H,7-11H2,1-2H3,(H,18,20)/t12-/m0/s1. The van der Waals surface area contributed by atoms with Gasteiger partial charge in [0.15, 0.2) is 9.84 Å². The first-order valence-corrected chi connectivity index (χ1v) is 10.3. The van der Waals surface area contributed by atoms with Gasteiger partial charge in [0, 0.05) is 24.0 Å². The third kappa shape index (κ3) is 4.25. The van der Waals surface area contributed by atoms with Crippen LogP contribution in [-0.2, 0) is 15.6 Å². The van der Waals surface area contributed by atoms with Crippen LogP contribution in [0.4, 0.5) is 10.5 Å². The first kappa shape index (κ1) is 16.3. The monoisotopic (exact) mass is 336 g/mol. The van der Waals surface area contributed by atoms with Gasteiger partial charge in [-0.05, 0) is 50.2 Å². The number of urea groups is 1. The topological polar surface area (TPSA) is 66.5 Å². The lowest BCUT2D eigenvalue weighted by Crippen LogP contribution is -2.44. The summed E-state index contributed by atoms with van der Waals surface area (Å²) in [5.41, 5.74) is 1.23. The molecule has 2 amide bonds. The minimum Gasteiger partial charge on any atom is -0.319 e. The van der Waals surface area contributed by atoms with E-state index >= 15 is 0 Å². The van der Waals surface area contributed by atoms with Crippen molar-refractivity contribution < 1.29 is 13.2 Å². The summed E-state index contributed by atoms with van der Waals surface area (Å²) < 4.78 is 23.1. The van der Waals surface area contributed by atoms with E-state index in [-0.39, 0.29) is 17.8 Å². The SMILES string of the molecule is C[C@@H](C1CC1)N(C(=O)Nc1ccccc1CS(C)(=O)=O)C1CC1. The Morgan fingerprint density at radius 1 is 1.26 bits per heavy atom. The third-order valence-corrected chi connectivity index (χ3v) is 5.43. The van der Waals surface area contributed by atoms with Gasteiger partial charge < -0.3 is 10.2 Å². The predicted molar refractivity (Wildman–Crippen MR) is 91.1 cm³/mol. The van der Waals surface area contributed by atoms with Gasteiger partial charge in [-0.1, -0.05) is 18.2 Å². The van der Waals surface area contributed by atoms with Crippen LogP contribution in [-0.4, -0.2) is 37.7 Å². The summed E-state index contributed by atoms with van der Waals surface area (Å²) in [4.78, 5) is 14.7. The van der Waals surface area contributed by atoms with E-state index < -0.39 is 9.84 Å². The number of carbonyl (C=O) groups is 1. The van der Waals surface area contributed by atoms with Crippen molar-refractivity contribution in [1.82, 2.24) is 4.90 Å². The molecule has 0 aliphatic heterocycles. The van der Waals surface area contributed by atoms with E-state index in [9.17, 15) is 13.2 Å². The highest BCUT2D eigenvalue weighted by molar-refractivity contribution is 7.89. The second kappa shape index (κ2) is 6.15. The summed E-state index contributed by atoms with van der Waals surface area (Å²) in [6.07, 6.45) is 5.73. The summed E-state index contributed by atoms with van der Waals surface area (Å²) in [7, 11) is -3.14. The smallest absolute Gasteiger partial charge is 0.319 e. The second-order valence-corrected chi connectivity index (χ2v) is 9.01. The van der Waals surface area contributed by atoms with Gasteiger partial charge in [0.05, 0.1) is 5.75 Å². The number of nitrogens with one attached hydrogen (secondary N) is 1. The molecular weight excluding hydrogens is 312 g/mol. The highest BCUT2D eigenvalue weighted by Crippen LogP contribution is 2.40. The molecule has 0 spiro atoms. The summed E-state index contributed by atoms with van der Waals surface area (Å²) in [5, 5.41) is 2.94. The average Bonchev–Trinajstić information content (AvgIpc) is 3.33. The van der Waals surface area contributed by atoms with E-state index in [1.807, 2.05) is 11.0 Å². The van der Waals surface area contributed by atoms with Crippen LogP contribution in [0.3, 0.4) is 0 Å². The number of hydrogen-bond donors (Lipinski definition) is 1. The fourth-order valence-corrected chi connectivity index (χ4v) is 3.89. The molecule has 2 aliphatic rings. The Morgan fingerprint density at radius 2 is 1.91 bits per heavy atom. The lowest BCUT2D eigenvalue weighted by molar-refractivity contribution is 0.180. The molecule has 0 aromatic heterocycles. The fraction of sp³-hybridized carbons (Fsp3) is 0.588. The largest absolute Gasteiger partial charge is 0.322 e. The highest BCUT2D eigenvalue weighted by Gasteiger charge is 2.41. The number of amides is 2. The maximum absolute atomic E-state index is 12.8. The average molecular weight is 336 g/mol. The van der Waals surface area contributed by atoms with Crippen molar-refractivity contribution in [1.29, 1.82) is 0 Å². The van der Waals surface area contributed by atoms with Gasteiger partial charge in [-0.15, -0.1) is 0 Å². The minimum atomic E-state index is -3.14. The molecule has 0 unspecified atom stereocenters. The minimum absolute atomic E-state index is 0.0644. The molecule has 5 nitrogen and oxygen atoms in total. The molecule has 0 saturated heterocycles. The number of benzene rings is 1. The van der Waals surface area contributed by atoms with Crippen LogP contribution in [0, 0.1) is 5.92 Å². The van der Waals surface area contributed by atoms with Crippen LogP contribution >= 0.6 is 0 Å². The summed E-state index contributed by atoms with van der Waals surface area (Å²) >= 11 is 0. The van der Waals surface area contributed by atoms with Crippen molar-refractivity contribution in [3.05, 3.63) is 29.8 Å². The molecule has 3 rings (SSSR count). The molecule has 2 aliphatic carbocycles. The van der Waals surface area contributed by atoms with Gasteiger partial charge in [-0.25, -0.2) is 13.2 Å². The zero-order valence-corrected chi connectivity index (χ0v) is 14.5. The molecule has 6 heteroatoms. The van der Waals surface area contributed by atoms with E-state index in [1.54, 1.807) is 18.2 Å². The molecule has 126 valence electrons. The molecule has 0 radical (unpaired) electrons. The number of carbonyl (C=O) groups excluding carboxylic acids is 1. The lowest BCUT2D eigenvalue weighted by Gasteiger charge is -2.30. The number of nitrogens with zero attached hydrogens (tertiary/aromatic N) is 1. The number of para-hydroxylation sites is 1. The third-order valence-electron chi connectivity index (χ3n) is 4.59. The van der Waals surface area contributed by atoms with Gasteiger partial charge in [-0.2, -0.15) is 0 Å². The van der Waals surface area contributed by atoms with Crippen LogP contribution in [0.15, 0.2) is 24.3 Å². The zero-order valence-electron chi connectivity index (χ0n) is 13.7. The first-order chi connectivity index (χ1) is 10.8. The molecule has 0 heterocycles. The molecule has 23 heavy (non-hydrogen) atoms. The van der Waals surface area contributed by atoms with Gasteiger partial charge >= 0.3 is 6.03 Å². The molecule has 1 aromatic rings. The van der Waals surface area contributed by atoms with Crippen molar-refractivity contribution >= 4 is 21.6 Å².